The van der Waals surface area contributed by atoms with Crippen molar-refractivity contribution in [1.82, 2.24) is 9.55 Å². The Hall–Kier alpha value is -2.86. The lowest BCUT2D eigenvalue weighted by atomic mass is 9.93. The highest BCUT2D eigenvalue weighted by Crippen LogP contribution is 2.32. The van der Waals surface area contributed by atoms with Crippen LogP contribution in [0.1, 0.15) is 43.4 Å². The molecule has 0 bridgehead atoms. The summed E-state index contributed by atoms with van der Waals surface area (Å²) in [4.78, 5) is 4.58. The third-order valence-electron chi connectivity index (χ3n) is 4.26. The molecule has 1 aromatic heterocycles. The summed E-state index contributed by atoms with van der Waals surface area (Å²) in [7, 11) is 0. The summed E-state index contributed by atoms with van der Waals surface area (Å²) >= 11 is 0. The van der Waals surface area contributed by atoms with Crippen LogP contribution in [0.4, 0.5) is 0 Å². The summed E-state index contributed by atoms with van der Waals surface area (Å²) in [6, 6.07) is 16.5. The predicted molar refractivity (Wildman–Crippen MR) is 97.2 cm³/mol. The Kier molecular flexibility index (Phi) is 4.48. The lowest BCUT2D eigenvalue weighted by Crippen LogP contribution is -2.07. The van der Waals surface area contributed by atoms with Gasteiger partial charge in [0.25, 0.3) is 0 Å². The van der Waals surface area contributed by atoms with E-state index in [0.29, 0.717) is 5.92 Å². The lowest BCUT2D eigenvalue weighted by Gasteiger charge is -2.20. The second-order valence-electron chi connectivity index (χ2n) is 6.18. The van der Waals surface area contributed by atoms with Crippen molar-refractivity contribution < 1.29 is 0 Å². The van der Waals surface area contributed by atoms with Gasteiger partial charge in [-0.05, 0) is 35.6 Å². The van der Waals surface area contributed by atoms with Gasteiger partial charge in [0, 0.05) is 18.0 Å². The first-order valence-corrected chi connectivity index (χ1v) is 8.31. The van der Waals surface area contributed by atoms with E-state index in [0.717, 1.165) is 29.1 Å². The van der Waals surface area contributed by atoms with Crippen LogP contribution in [0.25, 0.3) is 17.1 Å². The van der Waals surface area contributed by atoms with E-state index in [1.807, 2.05) is 42.7 Å². The Morgan fingerprint density at radius 1 is 1.17 bits per heavy atom. The maximum atomic E-state index is 9.35. The second-order valence-corrected chi connectivity index (χ2v) is 6.18. The first-order chi connectivity index (χ1) is 11.7. The number of nitrogens with zero attached hydrogens (tertiary/aromatic N) is 3. The Bertz CT molecular complexity index is 883. The minimum absolute atomic E-state index is 0.324. The van der Waals surface area contributed by atoms with E-state index in [1.54, 1.807) is 0 Å². The number of hydrogen-bond donors (Lipinski definition) is 0. The van der Waals surface area contributed by atoms with Crippen molar-refractivity contribution in [3.63, 3.8) is 0 Å². The highest BCUT2D eigenvalue weighted by molar-refractivity contribution is 5.63. The van der Waals surface area contributed by atoms with E-state index in [-0.39, 0.29) is 0 Å². The molecule has 0 saturated carbocycles. The van der Waals surface area contributed by atoms with E-state index in [1.165, 1.54) is 11.1 Å². The Balaban J connectivity index is 2.28. The average Bonchev–Trinajstić information content (AvgIpc) is 3.10. The maximum Gasteiger partial charge on any atom is 0.144 e. The molecular weight excluding hydrogens is 294 g/mol. The quantitative estimate of drug-likeness (QED) is 0.672. The summed E-state index contributed by atoms with van der Waals surface area (Å²) in [5.74, 6) is 1.25. The fourth-order valence-corrected chi connectivity index (χ4v) is 3.07. The molecule has 0 spiro atoms. The Morgan fingerprint density at radius 2 is 1.92 bits per heavy atom. The first-order valence-electron chi connectivity index (χ1n) is 8.31. The SMILES string of the molecule is CCc1cc(C#N)cc(C(C)C)c1-n1ccnc1-c1ccccc1. The smallest absolute Gasteiger partial charge is 0.144 e. The first kappa shape index (κ1) is 16.0. The van der Waals surface area contributed by atoms with Crippen molar-refractivity contribution in [3.8, 4) is 23.1 Å². The Labute approximate surface area is 143 Å². The average molecular weight is 315 g/mol. The number of aromatic nitrogens is 2. The molecule has 24 heavy (non-hydrogen) atoms. The van der Waals surface area contributed by atoms with Gasteiger partial charge in [0.1, 0.15) is 5.82 Å². The van der Waals surface area contributed by atoms with Crippen LogP contribution >= 0.6 is 0 Å². The van der Waals surface area contributed by atoms with Crippen molar-refractivity contribution in [2.45, 2.75) is 33.1 Å². The van der Waals surface area contributed by atoms with Crippen LogP contribution in [0.2, 0.25) is 0 Å². The van der Waals surface area contributed by atoms with Crippen molar-refractivity contribution in [3.05, 3.63) is 71.5 Å². The standard InChI is InChI=1S/C21H21N3/c1-4-17-12-16(14-22)13-19(15(2)3)20(17)24-11-10-23-21(24)18-8-6-5-7-9-18/h5-13,15H,4H2,1-3H3. The van der Waals surface area contributed by atoms with E-state index in [4.69, 9.17) is 0 Å². The molecule has 2 aromatic carbocycles. The minimum atomic E-state index is 0.324. The Morgan fingerprint density at radius 3 is 2.54 bits per heavy atom. The van der Waals surface area contributed by atoms with Crippen LogP contribution < -0.4 is 0 Å². The predicted octanol–water partition coefficient (Wildman–Crippen LogP) is 5.10. The minimum Gasteiger partial charge on any atom is -0.299 e. The molecule has 3 aromatic rings. The van der Waals surface area contributed by atoms with Gasteiger partial charge in [-0.2, -0.15) is 5.26 Å². The third kappa shape index (κ3) is 2.83. The van der Waals surface area contributed by atoms with Gasteiger partial charge in [0.05, 0.1) is 17.3 Å². The molecular formula is C21H21N3. The molecule has 3 heteroatoms. The van der Waals surface area contributed by atoms with Crippen LogP contribution in [0.15, 0.2) is 54.9 Å². The molecule has 0 aliphatic heterocycles. The van der Waals surface area contributed by atoms with Gasteiger partial charge >= 0.3 is 0 Å². The van der Waals surface area contributed by atoms with Gasteiger partial charge in [-0.1, -0.05) is 51.1 Å². The van der Waals surface area contributed by atoms with Crippen LogP contribution in [0, 0.1) is 11.3 Å². The van der Waals surface area contributed by atoms with Gasteiger partial charge < -0.3 is 0 Å². The summed E-state index contributed by atoms with van der Waals surface area (Å²) in [6.45, 7) is 6.46. The second kappa shape index (κ2) is 6.72. The summed E-state index contributed by atoms with van der Waals surface area (Å²) in [6.07, 6.45) is 4.72. The van der Waals surface area contributed by atoms with Crippen LogP contribution in [-0.4, -0.2) is 9.55 Å². The van der Waals surface area contributed by atoms with Crippen molar-refractivity contribution >= 4 is 0 Å². The maximum absolute atomic E-state index is 9.35. The van der Waals surface area contributed by atoms with Crippen molar-refractivity contribution in [1.29, 1.82) is 5.26 Å². The van der Waals surface area contributed by atoms with Crippen LogP contribution in [0.3, 0.4) is 0 Å². The fraction of sp³-hybridized carbons (Fsp3) is 0.238. The normalized spacial score (nSPS) is 10.8. The largest absolute Gasteiger partial charge is 0.299 e. The van der Waals surface area contributed by atoms with Gasteiger partial charge in [-0.25, -0.2) is 4.98 Å². The van der Waals surface area contributed by atoms with Gasteiger partial charge in [-0.15, -0.1) is 0 Å². The molecule has 3 nitrogen and oxygen atoms in total. The number of benzene rings is 2. The fourth-order valence-electron chi connectivity index (χ4n) is 3.07. The highest BCUT2D eigenvalue weighted by Gasteiger charge is 2.17. The summed E-state index contributed by atoms with van der Waals surface area (Å²) < 4.78 is 2.16. The van der Waals surface area contributed by atoms with Gasteiger partial charge in [-0.3, -0.25) is 4.57 Å². The summed E-state index contributed by atoms with van der Waals surface area (Å²) in [5, 5.41) is 9.35. The zero-order chi connectivity index (χ0) is 17.1. The van der Waals surface area contributed by atoms with E-state index >= 15 is 0 Å². The zero-order valence-electron chi connectivity index (χ0n) is 14.3. The molecule has 0 aliphatic rings. The van der Waals surface area contributed by atoms with Crippen LogP contribution in [-0.2, 0) is 6.42 Å². The molecule has 0 aliphatic carbocycles. The molecule has 0 fully saturated rings. The molecule has 0 unspecified atom stereocenters. The molecule has 0 saturated heterocycles. The van der Waals surface area contributed by atoms with E-state index < -0.39 is 0 Å². The number of nitriles is 1. The molecule has 0 radical (unpaired) electrons. The topological polar surface area (TPSA) is 41.6 Å². The number of hydrogen-bond acceptors (Lipinski definition) is 2. The molecule has 1 heterocycles. The molecule has 120 valence electrons. The van der Waals surface area contributed by atoms with Gasteiger partial charge in [0.2, 0.25) is 0 Å². The molecule has 3 rings (SSSR count). The molecule has 0 N–H and O–H groups in total. The van der Waals surface area contributed by atoms with E-state index in [2.05, 4.69) is 48.5 Å². The monoisotopic (exact) mass is 315 g/mol. The third-order valence-corrected chi connectivity index (χ3v) is 4.26. The van der Waals surface area contributed by atoms with Crippen molar-refractivity contribution in [2.24, 2.45) is 0 Å². The molecule has 0 atom stereocenters. The molecule has 0 amide bonds. The lowest BCUT2D eigenvalue weighted by molar-refractivity contribution is 0.838. The zero-order valence-corrected chi connectivity index (χ0v) is 14.3. The number of rotatable bonds is 4. The highest BCUT2D eigenvalue weighted by atomic mass is 15.1. The number of aryl methyl sites for hydroxylation is 1. The van der Waals surface area contributed by atoms with Crippen molar-refractivity contribution in [2.75, 3.05) is 0 Å². The summed E-state index contributed by atoms with van der Waals surface area (Å²) in [5.41, 5.74) is 5.32. The van der Waals surface area contributed by atoms with E-state index in [9.17, 15) is 5.26 Å². The van der Waals surface area contributed by atoms with Crippen LogP contribution in [0.5, 0.6) is 0 Å². The van der Waals surface area contributed by atoms with Gasteiger partial charge in [0.15, 0.2) is 0 Å². The number of imidazole rings is 1.